The first-order valence-electron chi connectivity index (χ1n) is 13.1. The van der Waals surface area contributed by atoms with Crippen molar-refractivity contribution in [2.45, 2.75) is 52.5 Å². The van der Waals surface area contributed by atoms with Crippen molar-refractivity contribution >= 4 is 29.0 Å². The lowest BCUT2D eigenvalue weighted by Crippen LogP contribution is -2.48. The van der Waals surface area contributed by atoms with Gasteiger partial charge in [-0.15, -0.1) is 11.3 Å². The summed E-state index contributed by atoms with van der Waals surface area (Å²) in [5.41, 5.74) is 4.26. The Balaban J connectivity index is 1.46. The molecule has 1 aromatic heterocycles. The summed E-state index contributed by atoms with van der Waals surface area (Å²) >= 11 is 1.73. The van der Waals surface area contributed by atoms with Gasteiger partial charge in [0.2, 0.25) is 5.91 Å². The van der Waals surface area contributed by atoms with Crippen LogP contribution in [-0.2, 0) is 11.2 Å². The summed E-state index contributed by atoms with van der Waals surface area (Å²) in [4.78, 5) is 31.5. The zero-order chi connectivity index (χ0) is 26.4. The van der Waals surface area contributed by atoms with Crippen LogP contribution in [0.2, 0.25) is 0 Å². The monoisotopic (exact) mass is 519 g/mol. The minimum atomic E-state index is -0.259. The second kappa shape index (κ2) is 12.3. The van der Waals surface area contributed by atoms with Crippen molar-refractivity contribution in [2.24, 2.45) is 0 Å². The maximum absolute atomic E-state index is 13.6. The molecule has 0 saturated carbocycles. The van der Waals surface area contributed by atoms with Crippen LogP contribution in [0.25, 0.3) is 0 Å². The Labute approximate surface area is 224 Å². The van der Waals surface area contributed by atoms with Gasteiger partial charge >= 0.3 is 6.03 Å². The number of carbonyl (C=O) groups excluding carboxylic acids is 2. The highest BCUT2D eigenvalue weighted by atomic mass is 32.1. The molecule has 37 heavy (non-hydrogen) atoms. The molecule has 3 aromatic rings. The van der Waals surface area contributed by atoms with Crippen molar-refractivity contribution in [3.63, 3.8) is 0 Å². The van der Waals surface area contributed by atoms with E-state index < -0.39 is 0 Å². The Morgan fingerprint density at radius 1 is 1.11 bits per heavy atom. The Kier molecular flexibility index (Phi) is 8.87. The van der Waals surface area contributed by atoms with Gasteiger partial charge in [0.1, 0.15) is 18.9 Å². The van der Waals surface area contributed by atoms with E-state index in [9.17, 15) is 9.59 Å². The molecule has 0 fully saturated rings. The molecule has 1 N–H and O–H groups in total. The highest BCUT2D eigenvalue weighted by Gasteiger charge is 2.33. The Hall–Kier alpha value is -3.32. The Bertz CT molecular complexity index is 1190. The van der Waals surface area contributed by atoms with Gasteiger partial charge in [0.15, 0.2) is 0 Å². The van der Waals surface area contributed by atoms with Gasteiger partial charge in [-0.3, -0.25) is 4.79 Å². The lowest BCUT2D eigenvalue weighted by atomic mass is 10.00. The smallest absolute Gasteiger partial charge is 0.322 e. The van der Waals surface area contributed by atoms with Crippen molar-refractivity contribution in [2.75, 3.05) is 31.6 Å². The van der Waals surface area contributed by atoms with Gasteiger partial charge in [-0.05, 0) is 72.5 Å². The van der Waals surface area contributed by atoms with Crippen molar-refractivity contribution in [1.29, 1.82) is 0 Å². The van der Waals surface area contributed by atoms with Crippen LogP contribution < -0.4 is 10.1 Å². The summed E-state index contributed by atoms with van der Waals surface area (Å²) < 4.78 is 6.19. The molecule has 3 amide bonds. The molecule has 2 heterocycles. The van der Waals surface area contributed by atoms with Crippen LogP contribution in [-0.4, -0.2) is 48.0 Å². The number of fused-ring (bicyclic) bond motifs is 1. The Morgan fingerprint density at radius 2 is 1.84 bits per heavy atom. The van der Waals surface area contributed by atoms with E-state index in [0.29, 0.717) is 25.6 Å². The molecule has 1 aliphatic rings. The minimum Gasteiger partial charge on any atom is -0.491 e. The first-order chi connectivity index (χ1) is 17.9. The van der Waals surface area contributed by atoms with Crippen LogP contribution in [0.3, 0.4) is 0 Å². The molecule has 0 bridgehead atoms. The van der Waals surface area contributed by atoms with Gasteiger partial charge in [0.25, 0.3) is 0 Å². The summed E-state index contributed by atoms with van der Waals surface area (Å²) in [6.45, 7) is 9.88. The number of nitrogens with one attached hydrogen (secondary N) is 1. The third kappa shape index (κ3) is 6.72. The molecule has 6 nitrogen and oxygen atoms in total. The highest BCUT2D eigenvalue weighted by Crippen LogP contribution is 2.34. The topological polar surface area (TPSA) is 61.9 Å². The fourth-order valence-corrected chi connectivity index (χ4v) is 5.54. The maximum Gasteiger partial charge on any atom is 0.322 e. The summed E-state index contributed by atoms with van der Waals surface area (Å²) in [6.07, 6.45) is 1.59. The average molecular weight is 520 g/mol. The van der Waals surface area contributed by atoms with E-state index in [1.54, 1.807) is 16.2 Å². The lowest BCUT2D eigenvalue weighted by Gasteiger charge is -2.37. The van der Waals surface area contributed by atoms with E-state index in [-0.39, 0.29) is 24.5 Å². The molecule has 0 spiro atoms. The third-order valence-electron chi connectivity index (χ3n) is 6.78. The number of amides is 3. The number of carbonyl (C=O) groups is 2. The summed E-state index contributed by atoms with van der Waals surface area (Å²) in [5, 5.41) is 5.02. The first-order valence-corrected chi connectivity index (χ1v) is 13.9. The van der Waals surface area contributed by atoms with Crippen LogP contribution in [0.15, 0.2) is 60.0 Å². The van der Waals surface area contributed by atoms with Crippen LogP contribution >= 0.6 is 11.3 Å². The first kappa shape index (κ1) is 26.7. The van der Waals surface area contributed by atoms with E-state index in [0.717, 1.165) is 35.4 Å². The van der Waals surface area contributed by atoms with Crippen LogP contribution in [0.4, 0.5) is 10.5 Å². The molecule has 1 atom stereocenters. The van der Waals surface area contributed by atoms with E-state index in [1.807, 2.05) is 55.1 Å². The highest BCUT2D eigenvalue weighted by molar-refractivity contribution is 7.10. The van der Waals surface area contributed by atoms with Gasteiger partial charge in [-0.2, -0.15) is 0 Å². The molecule has 1 aliphatic heterocycles. The standard InChI is InChI=1S/C30H37N3O3S/c1-5-16-32(30(35)31-24-10-6-22(4)7-11-24)19-29(34)33-17-14-28-26(15-18-37-28)27(33)20-36-25-12-8-23(9-13-25)21(2)3/h6-13,15,18,21,27H,5,14,16-17,19-20H2,1-4H3,(H,31,35)/t27-/m0/s1. The van der Waals surface area contributed by atoms with Crippen molar-refractivity contribution in [3.8, 4) is 5.75 Å². The second-order valence-electron chi connectivity index (χ2n) is 9.90. The molecule has 0 radical (unpaired) electrons. The Morgan fingerprint density at radius 3 is 2.51 bits per heavy atom. The average Bonchev–Trinajstić information content (AvgIpc) is 3.37. The van der Waals surface area contributed by atoms with Crippen LogP contribution in [0.1, 0.15) is 60.7 Å². The second-order valence-corrected chi connectivity index (χ2v) is 10.9. The zero-order valence-electron chi connectivity index (χ0n) is 22.2. The minimum absolute atomic E-state index is 0.0323. The van der Waals surface area contributed by atoms with Gasteiger partial charge in [0, 0.05) is 23.7 Å². The number of thiophene rings is 1. The normalized spacial score (nSPS) is 14.8. The molecule has 4 rings (SSSR count). The number of hydrogen-bond acceptors (Lipinski definition) is 4. The number of ether oxygens (including phenoxy) is 1. The summed E-state index contributed by atoms with van der Waals surface area (Å²) in [7, 11) is 0. The molecule has 0 saturated heterocycles. The van der Waals surface area contributed by atoms with E-state index >= 15 is 0 Å². The van der Waals surface area contributed by atoms with Gasteiger partial charge in [0.05, 0.1) is 6.04 Å². The molecule has 0 aliphatic carbocycles. The summed E-state index contributed by atoms with van der Waals surface area (Å²) in [6, 6.07) is 17.5. The van der Waals surface area contributed by atoms with Gasteiger partial charge in [-0.25, -0.2) is 4.79 Å². The molecular formula is C30H37N3O3S. The SMILES string of the molecule is CCCN(CC(=O)N1CCc2sccc2[C@@H]1COc1ccc(C(C)C)cc1)C(=O)Nc1ccc(C)cc1. The predicted molar refractivity (Wildman–Crippen MR) is 151 cm³/mol. The number of aryl methyl sites for hydroxylation is 1. The number of anilines is 1. The number of urea groups is 1. The molecule has 196 valence electrons. The zero-order valence-corrected chi connectivity index (χ0v) is 23.0. The quantitative estimate of drug-likeness (QED) is 0.345. The number of benzene rings is 2. The molecule has 2 aromatic carbocycles. The van der Waals surface area contributed by atoms with E-state index in [1.165, 1.54) is 10.4 Å². The van der Waals surface area contributed by atoms with Crippen LogP contribution in [0, 0.1) is 6.92 Å². The van der Waals surface area contributed by atoms with Gasteiger partial charge in [-0.1, -0.05) is 50.6 Å². The maximum atomic E-state index is 13.6. The largest absolute Gasteiger partial charge is 0.491 e. The van der Waals surface area contributed by atoms with Gasteiger partial charge < -0.3 is 19.9 Å². The number of hydrogen-bond donors (Lipinski definition) is 1. The predicted octanol–water partition coefficient (Wildman–Crippen LogP) is 6.63. The molecule has 0 unspecified atom stereocenters. The van der Waals surface area contributed by atoms with Crippen molar-refractivity contribution in [3.05, 3.63) is 81.5 Å². The number of rotatable bonds is 9. The molecule has 7 heteroatoms. The summed E-state index contributed by atoms with van der Waals surface area (Å²) in [5.74, 6) is 1.19. The van der Waals surface area contributed by atoms with E-state index in [4.69, 9.17) is 4.74 Å². The van der Waals surface area contributed by atoms with Crippen LogP contribution in [0.5, 0.6) is 5.75 Å². The van der Waals surface area contributed by atoms with Crippen molar-refractivity contribution < 1.29 is 14.3 Å². The lowest BCUT2D eigenvalue weighted by molar-refractivity contribution is -0.135. The van der Waals surface area contributed by atoms with E-state index in [2.05, 4.69) is 42.7 Å². The molecular weight excluding hydrogens is 482 g/mol. The van der Waals surface area contributed by atoms with Crippen molar-refractivity contribution in [1.82, 2.24) is 9.80 Å². The third-order valence-corrected chi connectivity index (χ3v) is 7.78. The number of nitrogens with zero attached hydrogens (tertiary/aromatic N) is 2. The fourth-order valence-electron chi connectivity index (χ4n) is 4.61. The fraction of sp³-hybridized carbons (Fsp3) is 0.400.